The number of anilines is 1. The van der Waals surface area contributed by atoms with Gasteiger partial charge < -0.3 is 19.9 Å². The Kier molecular flexibility index (Phi) is 5.55. The van der Waals surface area contributed by atoms with Crippen molar-refractivity contribution in [2.45, 2.75) is 18.9 Å². The molecule has 1 atom stereocenters. The number of fused-ring (bicyclic) bond motifs is 1. The van der Waals surface area contributed by atoms with E-state index in [1.807, 2.05) is 50.4 Å². The molecule has 1 fully saturated rings. The van der Waals surface area contributed by atoms with E-state index in [1.165, 1.54) is 0 Å². The van der Waals surface area contributed by atoms with Crippen LogP contribution >= 0.6 is 0 Å². The van der Waals surface area contributed by atoms with E-state index in [2.05, 4.69) is 15.3 Å². The number of urea groups is 1. The molecule has 7 nitrogen and oxygen atoms in total. The molecule has 1 saturated heterocycles. The number of carbonyl (C=O) groups is 1. The number of ether oxygens (including phenoxy) is 1. The fourth-order valence-electron chi connectivity index (χ4n) is 3.05. The fourth-order valence-corrected chi connectivity index (χ4v) is 3.05. The fraction of sp³-hybridized carbons (Fsp3) is 0.556. The molecule has 2 heterocycles. The van der Waals surface area contributed by atoms with Gasteiger partial charge in [-0.1, -0.05) is 0 Å². The summed E-state index contributed by atoms with van der Waals surface area (Å²) >= 11 is 0. The van der Waals surface area contributed by atoms with Crippen molar-refractivity contribution in [3.63, 3.8) is 0 Å². The first-order chi connectivity index (χ1) is 12.0. The topological polar surface area (TPSA) is 62.6 Å². The molecule has 25 heavy (non-hydrogen) atoms. The van der Waals surface area contributed by atoms with Gasteiger partial charge in [0, 0.05) is 44.4 Å². The molecule has 0 saturated carbocycles. The van der Waals surface area contributed by atoms with Gasteiger partial charge in [0.2, 0.25) is 0 Å². The van der Waals surface area contributed by atoms with E-state index in [9.17, 15) is 4.79 Å². The van der Waals surface area contributed by atoms with Gasteiger partial charge >= 0.3 is 6.03 Å². The van der Waals surface area contributed by atoms with E-state index < -0.39 is 0 Å². The van der Waals surface area contributed by atoms with Crippen LogP contribution in [0.15, 0.2) is 24.4 Å². The molecule has 0 spiro atoms. The highest BCUT2D eigenvalue weighted by Gasteiger charge is 2.22. The standard InChI is InChI=1S/C18H27N5O2/c1-21(2)8-9-23(13-16-5-4-10-25-16)18(24)20-15-7-6-14-12-19-22(3)17(14)11-15/h6-7,11-12,16H,4-5,8-10,13H2,1-3H3,(H,20,24)/t16-/m1/s1. The lowest BCUT2D eigenvalue weighted by molar-refractivity contribution is 0.0820. The van der Waals surface area contributed by atoms with Crippen LogP contribution in [0.1, 0.15) is 12.8 Å². The van der Waals surface area contributed by atoms with Crippen LogP contribution in [0.3, 0.4) is 0 Å². The summed E-state index contributed by atoms with van der Waals surface area (Å²) in [5.41, 5.74) is 1.78. The first-order valence-corrected chi connectivity index (χ1v) is 8.77. The number of aryl methyl sites for hydroxylation is 1. The zero-order valence-corrected chi connectivity index (χ0v) is 15.2. The van der Waals surface area contributed by atoms with Crippen LogP contribution in [0.2, 0.25) is 0 Å². The van der Waals surface area contributed by atoms with Gasteiger partial charge in [-0.25, -0.2) is 4.79 Å². The van der Waals surface area contributed by atoms with Gasteiger partial charge in [0.25, 0.3) is 0 Å². The van der Waals surface area contributed by atoms with Crippen molar-refractivity contribution in [2.75, 3.05) is 45.7 Å². The van der Waals surface area contributed by atoms with E-state index >= 15 is 0 Å². The number of benzene rings is 1. The number of hydrogen-bond acceptors (Lipinski definition) is 4. The maximum atomic E-state index is 12.8. The molecule has 2 aromatic rings. The second-order valence-corrected chi connectivity index (χ2v) is 6.86. The molecule has 1 N–H and O–H groups in total. The lowest BCUT2D eigenvalue weighted by Gasteiger charge is -2.27. The first kappa shape index (κ1) is 17.7. The molecule has 1 aliphatic rings. The van der Waals surface area contributed by atoms with E-state index in [4.69, 9.17) is 4.74 Å². The predicted molar refractivity (Wildman–Crippen MR) is 98.8 cm³/mol. The Morgan fingerprint density at radius 3 is 2.96 bits per heavy atom. The normalized spacial score (nSPS) is 17.4. The summed E-state index contributed by atoms with van der Waals surface area (Å²) in [4.78, 5) is 16.7. The third-order valence-electron chi connectivity index (χ3n) is 4.55. The number of amides is 2. The van der Waals surface area contributed by atoms with E-state index in [1.54, 1.807) is 4.68 Å². The zero-order chi connectivity index (χ0) is 17.8. The van der Waals surface area contributed by atoms with Crippen molar-refractivity contribution in [3.8, 4) is 0 Å². The molecule has 0 aliphatic carbocycles. The van der Waals surface area contributed by atoms with Gasteiger partial charge in [-0.2, -0.15) is 5.10 Å². The van der Waals surface area contributed by atoms with Crippen LogP contribution in [-0.4, -0.2) is 72.1 Å². The molecule has 0 unspecified atom stereocenters. The summed E-state index contributed by atoms with van der Waals surface area (Å²) in [6, 6.07) is 5.76. The monoisotopic (exact) mass is 345 g/mol. The summed E-state index contributed by atoms with van der Waals surface area (Å²) < 4.78 is 7.51. The third kappa shape index (κ3) is 4.49. The zero-order valence-electron chi connectivity index (χ0n) is 15.2. The van der Waals surface area contributed by atoms with Crippen LogP contribution < -0.4 is 5.32 Å². The van der Waals surface area contributed by atoms with Crippen molar-refractivity contribution in [2.24, 2.45) is 7.05 Å². The Morgan fingerprint density at radius 1 is 1.40 bits per heavy atom. The second-order valence-electron chi connectivity index (χ2n) is 6.86. The first-order valence-electron chi connectivity index (χ1n) is 8.77. The summed E-state index contributed by atoms with van der Waals surface area (Å²) in [5.74, 6) is 0. The van der Waals surface area contributed by atoms with Crippen LogP contribution in [0, 0.1) is 0 Å². The van der Waals surface area contributed by atoms with Gasteiger partial charge in [0.15, 0.2) is 0 Å². The summed E-state index contributed by atoms with van der Waals surface area (Å²) in [6.45, 7) is 2.92. The minimum absolute atomic E-state index is 0.0844. The number of likely N-dealkylation sites (N-methyl/N-ethyl adjacent to an activating group) is 1. The van der Waals surface area contributed by atoms with Gasteiger partial charge in [0.1, 0.15) is 0 Å². The number of nitrogens with zero attached hydrogens (tertiary/aromatic N) is 4. The smallest absolute Gasteiger partial charge is 0.321 e. The van der Waals surface area contributed by atoms with Crippen molar-refractivity contribution in [1.82, 2.24) is 19.6 Å². The van der Waals surface area contributed by atoms with Gasteiger partial charge in [-0.05, 0) is 45.1 Å². The number of carbonyl (C=O) groups excluding carboxylic acids is 1. The Hall–Kier alpha value is -2.12. The van der Waals surface area contributed by atoms with E-state index in [0.717, 1.165) is 42.6 Å². The van der Waals surface area contributed by atoms with Crippen LogP contribution in [0.5, 0.6) is 0 Å². The van der Waals surface area contributed by atoms with E-state index in [-0.39, 0.29) is 12.1 Å². The van der Waals surface area contributed by atoms with Crippen LogP contribution in [0.4, 0.5) is 10.5 Å². The summed E-state index contributed by atoms with van der Waals surface area (Å²) in [6.07, 6.45) is 4.06. The van der Waals surface area contributed by atoms with Gasteiger partial charge in [0.05, 0.1) is 17.8 Å². The number of rotatable bonds is 6. The van der Waals surface area contributed by atoms with Crippen LogP contribution in [-0.2, 0) is 11.8 Å². The van der Waals surface area contributed by atoms with Crippen LogP contribution in [0.25, 0.3) is 10.9 Å². The summed E-state index contributed by atoms with van der Waals surface area (Å²) in [7, 11) is 5.92. The lowest BCUT2D eigenvalue weighted by Crippen LogP contribution is -2.43. The molecular formula is C18H27N5O2. The number of aromatic nitrogens is 2. The number of hydrogen-bond donors (Lipinski definition) is 1. The molecule has 1 aromatic carbocycles. The maximum absolute atomic E-state index is 12.8. The molecule has 0 radical (unpaired) electrons. The molecule has 0 bridgehead atoms. The van der Waals surface area contributed by atoms with Gasteiger partial charge in [-0.15, -0.1) is 0 Å². The van der Waals surface area contributed by atoms with Crippen molar-refractivity contribution in [3.05, 3.63) is 24.4 Å². The van der Waals surface area contributed by atoms with E-state index in [0.29, 0.717) is 13.1 Å². The number of nitrogens with one attached hydrogen (secondary N) is 1. The largest absolute Gasteiger partial charge is 0.376 e. The predicted octanol–water partition coefficient (Wildman–Crippen LogP) is 2.15. The quantitative estimate of drug-likeness (QED) is 0.871. The Labute approximate surface area is 148 Å². The second kappa shape index (κ2) is 7.84. The SMILES string of the molecule is CN(C)CCN(C[C@H]1CCCO1)C(=O)Nc1ccc2cnn(C)c2c1. The maximum Gasteiger partial charge on any atom is 0.321 e. The van der Waals surface area contributed by atoms with Crippen molar-refractivity contribution >= 4 is 22.6 Å². The molecule has 136 valence electrons. The Balaban J connectivity index is 1.69. The van der Waals surface area contributed by atoms with Crippen molar-refractivity contribution < 1.29 is 9.53 Å². The third-order valence-corrected chi connectivity index (χ3v) is 4.55. The minimum atomic E-state index is -0.0844. The average Bonchev–Trinajstić information content (AvgIpc) is 3.21. The Morgan fingerprint density at radius 2 is 2.24 bits per heavy atom. The molecule has 1 aliphatic heterocycles. The molecular weight excluding hydrogens is 318 g/mol. The van der Waals surface area contributed by atoms with Crippen molar-refractivity contribution in [1.29, 1.82) is 0 Å². The molecule has 1 aromatic heterocycles. The highest BCUT2D eigenvalue weighted by atomic mass is 16.5. The highest BCUT2D eigenvalue weighted by Crippen LogP contribution is 2.19. The molecule has 2 amide bonds. The molecule has 7 heteroatoms. The highest BCUT2D eigenvalue weighted by molar-refractivity contribution is 5.92. The lowest BCUT2D eigenvalue weighted by atomic mass is 10.2. The van der Waals surface area contributed by atoms with Gasteiger partial charge in [-0.3, -0.25) is 4.68 Å². The average molecular weight is 345 g/mol. The molecule has 3 rings (SSSR count). The minimum Gasteiger partial charge on any atom is -0.376 e. The summed E-state index contributed by atoms with van der Waals surface area (Å²) in [5, 5.41) is 8.32. The Bertz CT molecular complexity index is 721.